The topological polar surface area (TPSA) is 12.0 Å². The molecule has 2 bridgehead atoms. The molecule has 1 nitrogen and oxygen atoms in total. The number of hydrogen-bond donors (Lipinski definition) is 1. The Labute approximate surface area is 87.1 Å². The van der Waals surface area contributed by atoms with Crippen molar-refractivity contribution in [2.45, 2.75) is 19.0 Å². The first kappa shape index (κ1) is 12.8. The zero-order valence-electron chi connectivity index (χ0n) is 7.78. The predicted molar refractivity (Wildman–Crippen MR) is 44.5 cm³/mol. The highest BCUT2D eigenvalue weighted by Gasteiger charge is 2.42. The van der Waals surface area contributed by atoms with Gasteiger partial charge in [-0.3, -0.25) is 0 Å². The van der Waals surface area contributed by atoms with Crippen LogP contribution >= 0.6 is 0 Å². The van der Waals surface area contributed by atoms with Crippen molar-refractivity contribution in [1.82, 2.24) is 5.32 Å². The monoisotopic (exact) mass is 243 g/mol. The smallest absolute Gasteiger partial charge is 0.155 e. The van der Waals surface area contributed by atoms with E-state index in [0.717, 1.165) is 0 Å². The second-order valence-electron chi connectivity index (χ2n) is 3.12. The molecule has 3 rings (SSSR count). The lowest BCUT2D eigenvalue weighted by atomic mass is 9.94. The van der Waals surface area contributed by atoms with Gasteiger partial charge >= 0.3 is 12.6 Å². The van der Waals surface area contributed by atoms with E-state index in [2.05, 4.69) is 24.3 Å². The summed E-state index contributed by atoms with van der Waals surface area (Å²) in [5.74, 6) is 0. The standard InChI is InChI=1S/C7H6.C2HF6N/c1-2-6-4-7(3-1)5-6;3-1(4,5)9-2(6,7)8/h1-4H,5H2;9H. The van der Waals surface area contributed by atoms with E-state index in [9.17, 15) is 26.3 Å². The number of halogens is 6. The van der Waals surface area contributed by atoms with Gasteiger partial charge in [-0.05, 0) is 17.5 Å². The van der Waals surface area contributed by atoms with E-state index in [-0.39, 0.29) is 0 Å². The summed E-state index contributed by atoms with van der Waals surface area (Å²) < 4.78 is 64.3. The fourth-order valence-electron chi connectivity index (χ4n) is 1.11. The molecule has 0 saturated carbocycles. The van der Waals surface area contributed by atoms with Gasteiger partial charge in [0.1, 0.15) is 0 Å². The van der Waals surface area contributed by atoms with Crippen LogP contribution in [0.1, 0.15) is 11.1 Å². The van der Waals surface area contributed by atoms with Gasteiger partial charge in [-0.2, -0.15) is 26.3 Å². The van der Waals surface area contributed by atoms with Crippen molar-refractivity contribution in [2.75, 3.05) is 0 Å². The second-order valence-corrected chi connectivity index (χ2v) is 3.12. The van der Waals surface area contributed by atoms with Crippen molar-refractivity contribution in [3.8, 4) is 0 Å². The van der Waals surface area contributed by atoms with Gasteiger partial charge in [-0.15, -0.1) is 5.32 Å². The summed E-state index contributed by atoms with van der Waals surface area (Å²) in [6, 6.07) is 8.65. The average Bonchev–Trinajstić information content (AvgIpc) is 1.98. The molecule has 16 heavy (non-hydrogen) atoms. The summed E-state index contributed by atoms with van der Waals surface area (Å²) in [6.07, 6.45) is -9.56. The highest BCUT2D eigenvalue weighted by molar-refractivity contribution is 5.37. The molecule has 0 aliphatic heterocycles. The molecule has 0 amide bonds. The van der Waals surface area contributed by atoms with E-state index in [1.165, 1.54) is 17.5 Å². The Bertz CT molecular complexity index is 317. The molecule has 2 aliphatic rings. The van der Waals surface area contributed by atoms with Gasteiger partial charge in [0.25, 0.3) is 0 Å². The van der Waals surface area contributed by atoms with Crippen LogP contribution in [0.5, 0.6) is 0 Å². The first-order valence-corrected chi connectivity index (χ1v) is 4.16. The molecule has 1 N–H and O–H groups in total. The van der Waals surface area contributed by atoms with E-state index in [1.54, 1.807) is 0 Å². The number of rotatable bonds is 0. The van der Waals surface area contributed by atoms with Gasteiger partial charge < -0.3 is 0 Å². The Morgan fingerprint density at radius 2 is 1.25 bits per heavy atom. The lowest BCUT2D eigenvalue weighted by Crippen LogP contribution is -2.42. The number of benzene rings is 1. The third-order valence-corrected chi connectivity index (χ3v) is 1.68. The maximum absolute atomic E-state index is 10.7. The minimum Gasteiger partial charge on any atom is -0.155 e. The van der Waals surface area contributed by atoms with Crippen LogP contribution in [0.3, 0.4) is 0 Å². The molecule has 0 radical (unpaired) electrons. The maximum atomic E-state index is 10.7. The van der Waals surface area contributed by atoms with Gasteiger partial charge in [0.05, 0.1) is 0 Å². The van der Waals surface area contributed by atoms with Crippen molar-refractivity contribution >= 4 is 0 Å². The summed E-state index contributed by atoms with van der Waals surface area (Å²) >= 11 is 0. The van der Waals surface area contributed by atoms with Gasteiger partial charge in [-0.25, -0.2) is 0 Å². The first-order valence-electron chi connectivity index (χ1n) is 4.16. The first-order chi connectivity index (χ1) is 7.16. The molecular formula is C9H7F6N. The van der Waals surface area contributed by atoms with Gasteiger partial charge in [0.2, 0.25) is 0 Å². The van der Waals surface area contributed by atoms with Gasteiger partial charge in [0, 0.05) is 0 Å². The normalized spacial score (nSPS) is 13.6. The van der Waals surface area contributed by atoms with Gasteiger partial charge in [0.15, 0.2) is 0 Å². The fraction of sp³-hybridized carbons (Fsp3) is 0.333. The maximum Gasteiger partial charge on any atom is 0.464 e. The third-order valence-electron chi connectivity index (χ3n) is 1.68. The Hall–Kier alpha value is -1.24. The van der Waals surface area contributed by atoms with Crippen molar-refractivity contribution in [3.05, 3.63) is 35.4 Å². The Kier molecular flexibility index (Phi) is 3.47. The van der Waals surface area contributed by atoms with Crippen LogP contribution in [-0.2, 0) is 6.42 Å². The third kappa shape index (κ3) is 5.01. The molecule has 0 heterocycles. The molecule has 1 aromatic carbocycles. The summed E-state index contributed by atoms with van der Waals surface area (Å²) in [7, 11) is 0. The Morgan fingerprint density at radius 1 is 0.875 bits per heavy atom. The molecular weight excluding hydrogens is 236 g/mol. The zero-order chi connectivity index (χ0) is 12.4. The van der Waals surface area contributed by atoms with Crippen LogP contribution in [0.25, 0.3) is 0 Å². The van der Waals surface area contributed by atoms with Crippen LogP contribution in [0.4, 0.5) is 26.3 Å². The van der Waals surface area contributed by atoms with Crippen molar-refractivity contribution in [2.24, 2.45) is 0 Å². The minimum absolute atomic E-state index is 0.542. The predicted octanol–water partition coefficient (Wildman–Crippen LogP) is 3.21. The lowest BCUT2D eigenvalue weighted by molar-refractivity contribution is -0.265. The van der Waals surface area contributed by atoms with Crippen LogP contribution in [0, 0.1) is 0 Å². The van der Waals surface area contributed by atoms with Crippen molar-refractivity contribution in [3.63, 3.8) is 0 Å². The van der Waals surface area contributed by atoms with E-state index < -0.39 is 17.9 Å². The van der Waals surface area contributed by atoms with E-state index in [4.69, 9.17) is 0 Å². The average molecular weight is 243 g/mol. The molecule has 7 heteroatoms. The van der Waals surface area contributed by atoms with Crippen LogP contribution in [-0.4, -0.2) is 12.6 Å². The molecule has 1 aromatic rings. The lowest BCUT2D eigenvalue weighted by Gasteiger charge is -2.11. The highest BCUT2D eigenvalue weighted by Crippen LogP contribution is 2.20. The Morgan fingerprint density at radius 3 is 1.31 bits per heavy atom. The fourth-order valence-corrected chi connectivity index (χ4v) is 1.11. The second kappa shape index (κ2) is 4.32. The molecule has 0 atom stereocenters. The van der Waals surface area contributed by atoms with Crippen molar-refractivity contribution < 1.29 is 26.3 Å². The molecule has 0 fully saturated rings. The summed E-state index contributed by atoms with van der Waals surface area (Å²) in [4.78, 5) is 0. The summed E-state index contributed by atoms with van der Waals surface area (Å²) in [6.45, 7) is 0. The molecule has 2 aliphatic carbocycles. The van der Waals surface area contributed by atoms with Crippen LogP contribution < -0.4 is 5.32 Å². The number of fused-ring (bicyclic) bond motifs is 2. The molecule has 0 spiro atoms. The highest BCUT2D eigenvalue weighted by atomic mass is 19.4. The number of hydrogen-bond acceptors (Lipinski definition) is 1. The van der Waals surface area contributed by atoms with Gasteiger partial charge in [-0.1, -0.05) is 24.3 Å². The van der Waals surface area contributed by atoms with E-state index in [0.29, 0.717) is 0 Å². The SMILES string of the molecule is FC(F)(F)NC(F)(F)F.c1cc2cc(c1)C2. The largest absolute Gasteiger partial charge is 0.464 e. The summed E-state index contributed by atoms with van der Waals surface area (Å²) in [5, 5.41) is -0.542. The quantitative estimate of drug-likeness (QED) is 0.553. The number of alkyl halides is 6. The van der Waals surface area contributed by atoms with E-state index >= 15 is 0 Å². The Balaban J connectivity index is 0.000000163. The number of nitrogens with one attached hydrogen (secondary N) is 1. The van der Waals surface area contributed by atoms with E-state index in [1.807, 2.05) is 0 Å². The zero-order valence-corrected chi connectivity index (χ0v) is 7.78. The van der Waals surface area contributed by atoms with Crippen molar-refractivity contribution in [1.29, 1.82) is 0 Å². The molecule has 0 saturated heterocycles. The minimum atomic E-state index is -5.39. The summed E-state index contributed by atoms with van der Waals surface area (Å²) in [5.41, 5.74) is 2.97. The molecule has 90 valence electrons. The van der Waals surface area contributed by atoms with Crippen LogP contribution in [0.15, 0.2) is 24.3 Å². The van der Waals surface area contributed by atoms with Crippen LogP contribution in [0.2, 0.25) is 0 Å². The molecule has 0 unspecified atom stereocenters. The molecule has 0 aromatic heterocycles.